The Morgan fingerprint density at radius 2 is 1.79 bits per heavy atom. The Hall–Kier alpha value is -0.980. The molecule has 0 spiro atoms. The van der Waals surface area contributed by atoms with Crippen LogP contribution in [0.25, 0.3) is 0 Å². The molecule has 0 aromatic rings. The lowest BCUT2D eigenvalue weighted by Gasteiger charge is -2.31. The zero-order valence-electron chi connectivity index (χ0n) is 11.8. The van der Waals surface area contributed by atoms with Crippen molar-refractivity contribution in [1.29, 1.82) is 0 Å². The molecule has 0 aromatic heterocycles. The van der Waals surface area contributed by atoms with Crippen molar-refractivity contribution in [3.05, 3.63) is 36.1 Å². The smallest absolute Gasteiger partial charge is 0.112 e. The van der Waals surface area contributed by atoms with Crippen molar-refractivity contribution >= 4 is 0 Å². The third kappa shape index (κ3) is 1.74. The first-order chi connectivity index (χ1) is 9.16. The molecule has 4 aliphatic rings. The van der Waals surface area contributed by atoms with Gasteiger partial charge in [-0.3, -0.25) is 0 Å². The Morgan fingerprint density at radius 3 is 2.47 bits per heavy atom. The second kappa shape index (κ2) is 4.01. The maximum Gasteiger partial charge on any atom is 0.112 e. The maximum atomic E-state index is 9.89. The average Bonchev–Trinajstić information content (AvgIpc) is 2.99. The van der Waals surface area contributed by atoms with E-state index >= 15 is 0 Å². The lowest BCUT2D eigenvalue weighted by molar-refractivity contribution is 0.237. The predicted molar refractivity (Wildman–Crippen MR) is 77.6 cm³/mol. The molecule has 0 aliphatic heterocycles. The second-order valence-electron chi connectivity index (χ2n) is 7.58. The van der Waals surface area contributed by atoms with E-state index in [0.29, 0.717) is 17.1 Å². The van der Waals surface area contributed by atoms with E-state index in [1.165, 1.54) is 32.1 Å². The predicted octanol–water partition coefficient (Wildman–Crippen LogP) is 4.63. The molecule has 0 radical (unpaired) electrons. The van der Waals surface area contributed by atoms with Crippen LogP contribution in [-0.2, 0) is 0 Å². The summed E-state index contributed by atoms with van der Waals surface area (Å²) in [7, 11) is 0. The molecule has 3 fully saturated rings. The van der Waals surface area contributed by atoms with Crippen LogP contribution in [0.5, 0.6) is 0 Å². The molecule has 0 saturated heterocycles. The van der Waals surface area contributed by atoms with Gasteiger partial charge in [0.15, 0.2) is 0 Å². The number of aliphatic hydroxyl groups excluding tert-OH is 1. The molecule has 1 heteroatoms. The van der Waals surface area contributed by atoms with E-state index < -0.39 is 0 Å². The van der Waals surface area contributed by atoms with Crippen LogP contribution < -0.4 is 0 Å². The van der Waals surface area contributed by atoms with Gasteiger partial charge >= 0.3 is 0 Å². The maximum absolute atomic E-state index is 9.89. The minimum Gasteiger partial charge on any atom is -0.508 e. The lowest BCUT2D eigenvalue weighted by Crippen LogP contribution is -2.23. The molecule has 19 heavy (non-hydrogen) atoms. The van der Waals surface area contributed by atoms with Crippen LogP contribution in [0.15, 0.2) is 36.1 Å². The summed E-state index contributed by atoms with van der Waals surface area (Å²) in [5.74, 6) is 4.89. The van der Waals surface area contributed by atoms with E-state index in [2.05, 4.69) is 25.2 Å². The summed E-state index contributed by atoms with van der Waals surface area (Å²) in [5.41, 5.74) is 0.368. The van der Waals surface area contributed by atoms with Gasteiger partial charge in [-0.05, 0) is 73.3 Å². The third-order valence-electron chi connectivity index (χ3n) is 6.53. The summed E-state index contributed by atoms with van der Waals surface area (Å²) in [6, 6.07) is 0. The Labute approximate surface area is 116 Å². The Kier molecular flexibility index (Phi) is 2.49. The quantitative estimate of drug-likeness (QED) is 0.725. The summed E-state index contributed by atoms with van der Waals surface area (Å²) >= 11 is 0. The fraction of sp³-hybridized carbons (Fsp3) is 0.667. The highest BCUT2D eigenvalue weighted by molar-refractivity contribution is 5.26. The molecule has 0 amide bonds. The largest absolute Gasteiger partial charge is 0.508 e. The van der Waals surface area contributed by atoms with E-state index in [0.717, 1.165) is 23.7 Å². The summed E-state index contributed by atoms with van der Waals surface area (Å²) in [6.45, 7) is 2.45. The van der Waals surface area contributed by atoms with Crippen molar-refractivity contribution in [1.82, 2.24) is 0 Å². The molecule has 5 unspecified atom stereocenters. The summed E-state index contributed by atoms with van der Waals surface area (Å²) in [6.07, 6.45) is 17.5. The molecule has 3 saturated carbocycles. The highest BCUT2D eigenvalue weighted by Gasteiger charge is 2.56. The highest BCUT2D eigenvalue weighted by Crippen LogP contribution is 2.65. The number of fused-ring (bicyclic) bond motifs is 5. The third-order valence-corrected chi connectivity index (χ3v) is 6.53. The van der Waals surface area contributed by atoms with Gasteiger partial charge in [-0.25, -0.2) is 0 Å². The van der Waals surface area contributed by atoms with Crippen LogP contribution in [0, 0.1) is 35.0 Å². The zero-order valence-corrected chi connectivity index (χ0v) is 11.8. The molecule has 1 nitrogen and oxygen atoms in total. The van der Waals surface area contributed by atoms with Crippen LogP contribution in [0.2, 0.25) is 0 Å². The first-order valence-corrected chi connectivity index (χ1v) is 7.91. The van der Waals surface area contributed by atoms with Crippen LogP contribution in [0.1, 0.15) is 39.0 Å². The van der Waals surface area contributed by atoms with Gasteiger partial charge in [0.2, 0.25) is 0 Å². The standard InChI is InChI=1S/C18H24O/c1-18(14-4-2-3-5-15(19)9-14)10-16-12-6-7-13(8-12)17(16)11-18/h2-5,9,12-14,16-17,19H,6-8,10-11H2,1H3. The fourth-order valence-electron chi connectivity index (χ4n) is 5.66. The first-order valence-electron chi connectivity index (χ1n) is 7.91. The van der Waals surface area contributed by atoms with Gasteiger partial charge < -0.3 is 5.11 Å². The number of aliphatic hydroxyl groups is 1. The number of hydrogen-bond acceptors (Lipinski definition) is 1. The van der Waals surface area contributed by atoms with Crippen molar-refractivity contribution in [3.8, 4) is 0 Å². The topological polar surface area (TPSA) is 20.2 Å². The van der Waals surface area contributed by atoms with Crippen LogP contribution in [0.3, 0.4) is 0 Å². The van der Waals surface area contributed by atoms with Crippen molar-refractivity contribution in [2.75, 3.05) is 0 Å². The van der Waals surface area contributed by atoms with Crippen molar-refractivity contribution < 1.29 is 5.11 Å². The fourth-order valence-corrected chi connectivity index (χ4v) is 5.66. The van der Waals surface area contributed by atoms with Gasteiger partial charge in [-0.1, -0.05) is 25.2 Å². The van der Waals surface area contributed by atoms with Gasteiger partial charge in [-0.2, -0.15) is 0 Å². The molecule has 0 aromatic carbocycles. The van der Waals surface area contributed by atoms with Gasteiger partial charge in [0.25, 0.3) is 0 Å². The van der Waals surface area contributed by atoms with Gasteiger partial charge in [0, 0.05) is 5.92 Å². The molecule has 5 atom stereocenters. The lowest BCUT2D eigenvalue weighted by atomic mass is 9.73. The highest BCUT2D eigenvalue weighted by atomic mass is 16.3. The Bertz CT molecular complexity index is 452. The zero-order chi connectivity index (χ0) is 13.0. The first kappa shape index (κ1) is 11.8. The van der Waals surface area contributed by atoms with Crippen LogP contribution in [-0.4, -0.2) is 5.11 Å². The van der Waals surface area contributed by atoms with Gasteiger partial charge in [0.05, 0.1) is 0 Å². The molecule has 1 N–H and O–H groups in total. The SMILES string of the molecule is CC1(C2C=CC=CC(O)=C2)CC2C3CCC(C3)C2C1. The van der Waals surface area contributed by atoms with E-state index in [1.807, 2.05) is 6.08 Å². The van der Waals surface area contributed by atoms with Crippen molar-refractivity contribution in [2.45, 2.75) is 39.0 Å². The number of rotatable bonds is 1. The minimum absolute atomic E-state index is 0.368. The van der Waals surface area contributed by atoms with Crippen LogP contribution in [0.4, 0.5) is 0 Å². The molecular weight excluding hydrogens is 232 g/mol. The summed E-state index contributed by atoms with van der Waals surface area (Å²) < 4.78 is 0. The van der Waals surface area contributed by atoms with E-state index in [-0.39, 0.29) is 0 Å². The van der Waals surface area contributed by atoms with Crippen molar-refractivity contribution in [3.63, 3.8) is 0 Å². The number of allylic oxidation sites excluding steroid dienone is 5. The Morgan fingerprint density at radius 1 is 1.11 bits per heavy atom. The second-order valence-corrected chi connectivity index (χ2v) is 7.58. The molecule has 2 bridgehead atoms. The molecule has 4 aliphatic carbocycles. The van der Waals surface area contributed by atoms with E-state index in [1.54, 1.807) is 6.08 Å². The summed E-state index contributed by atoms with van der Waals surface area (Å²) in [5, 5.41) is 9.89. The minimum atomic E-state index is 0.368. The number of hydrogen-bond donors (Lipinski definition) is 1. The average molecular weight is 256 g/mol. The molecular formula is C18H24O. The van der Waals surface area contributed by atoms with Gasteiger partial charge in [0.1, 0.15) is 5.76 Å². The monoisotopic (exact) mass is 256 g/mol. The molecule has 102 valence electrons. The summed E-state index contributed by atoms with van der Waals surface area (Å²) in [4.78, 5) is 0. The van der Waals surface area contributed by atoms with E-state index in [4.69, 9.17) is 0 Å². The molecule has 0 heterocycles. The normalized spacial score (nSPS) is 51.2. The van der Waals surface area contributed by atoms with Crippen molar-refractivity contribution in [2.24, 2.45) is 35.0 Å². The molecule has 4 rings (SSSR count). The van der Waals surface area contributed by atoms with Crippen LogP contribution >= 0.6 is 0 Å². The van der Waals surface area contributed by atoms with E-state index in [9.17, 15) is 5.11 Å². The Balaban J connectivity index is 1.60. The van der Waals surface area contributed by atoms with Gasteiger partial charge in [-0.15, -0.1) is 0 Å².